The summed E-state index contributed by atoms with van der Waals surface area (Å²) in [5.41, 5.74) is 2.51. The van der Waals surface area contributed by atoms with E-state index in [1.165, 1.54) is 5.56 Å². The standard InChI is InChI=1S/C20H19NO3/c1-12(2)13-7-9-14(10-8-13)17-18(20(23)19(17)22)21-15-5-4-6-16(11-15)24-3/h4-12,21H,1-3H3. The van der Waals surface area contributed by atoms with E-state index < -0.39 is 10.9 Å². The minimum atomic E-state index is -0.485. The molecule has 0 atom stereocenters. The number of methoxy groups -OCH3 is 1. The lowest BCUT2D eigenvalue weighted by atomic mass is 9.95. The summed E-state index contributed by atoms with van der Waals surface area (Å²) in [6, 6.07) is 15.0. The molecule has 0 amide bonds. The zero-order valence-electron chi connectivity index (χ0n) is 13.9. The summed E-state index contributed by atoms with van der Waals surface area (Å²) >= 11 is 0. The maximum atomic E-state index is 12.0. The highest BCUT2D eigenvalue weighted by molar-refractivity contribution is 5.84. The van der Waals surface area contributed by atoms with Gasteiger partial charge in [-0.05, 0) is 29.2 Å². The van der Waals surface area contributed by atoms with Crippen molar-refractivity contribution in [1.29, 1.82) is 0 Å². The summed E-state index contributed by atoms with van der Waals surface area (Å²) in [6.07, 6.45) is 0. The zero-order valence-corrected chi connectivity index (χ0v) is 13.9. The molecule has 0 heterocycles. The Kier molecular flexibility index (Phi) is 4.21. The predicted octanol–water partition coefficient (Wildman–Crippen LogP) is 3.83. The van der Waals surface area contributed by atoms with E-state index in [1.54, 1.807) is 13.2 Å². The monoisotopic (exact) mass is 321 g/mol. The lowest BCUT2D eigenvalue weighted by molar-refractivity contribution is 0.415. The third-order valence-electron chi connectivity index (χ3n) is 4.12. The molecule has 0 bridgehead atoms. The van der Waals surface area contributed by atoms with Crippen molar-refractivity contribution in [3.05, 3.63) is 74.5 Å². The Balaban J connectivity index is 1.95. The maximum Gasteiger partial charge on any atom is 0.250 e. The summed E-state index contributed by atoms with van der Waals surface area (Å²) in [6.45, 7) is 4.23. The van der Waals surface area contributed by atoms with Crippen molar-refractivity contribution < 1.29 is 4.74 Å². The average Bonchev–Trinajstić information content (AvgIpc) is 2.61. The summed E-state index contributed by atoms with van der Waals surface area (Å²) in [4.78, 5) is 24.0. The van der Waals surface area contributed by atoms with Gasteiger partial charge in [-0.1, -0.05) is 44.2 Å². The fourth-order valence-electron chi connectivity index (χ4n) is 2.67. The molecule has 24 heavy (non-hydrogen) atoms. The third kappa shape index (κ3) is 2.83. The van der Waals surface area contributed by atoms with Crippen LogP contribution in [0.25, 0.3) is 11.1 Å². The van der Waals surface area contributed by atoms with E-state index >= 15 is 0 Å². The number of rotatable bonds is 5. The summed E-state index contributed by atoms with van der Waals surface area (Å²) in [5.74, 6) is 1.10. The van der Waals surface area contributed by atoms with E-state index in [0.29, 0.717) is 28.6 Å². The fourth-order valence-corrected chi connectivity index (χ4v) is 2.67. The van der Waals surface area contributed by atoms with Crippen molar-refractivity contribution in [3.8, 4) is 16.9 Å². The topological polar surface area (TPSA) is 55.4 Å². The van der Waals surface area contributed by atoms with Crippen LogP contribution in [0.1, 0.15) is 25.3 Å². The number of anilines is 2. The molecule has 0 saturated carbocycles. The van der Waals surface area contributed by atoms with Crippen molar-refractivity contribution in [3.63, 3.8) is 0 Å². The van der Waals surface area contributed by atoms with Crippen LogP contribution in [0, 0.1) is 0 Å². The Bertz CT molecular complexity index is 932. The van der Waals surface area contributed by atoms with E-state index in [4.69, 9.17) is 4.74 Å². The highest BCUT2D eigenvalue weighted by Gasteiger charge is 2.22. The van der Waals surface area contributed by atoms with Crippen LogP contribution in [0.15, 0.2) is 58.1 Å². The Morgan fingerprint density at radius 1 is 0.958 bits per heavy atom. The lowest BCUT2D eigenvalue weighted by Gasteiger charge is -2.15. The molecule has 0 aliphatic rings. The van der Waals surface area contributed by atoms with Crippen LogP contribution in [0.4, 0.5) is 11.4 Å². The second-order valence-corrected chi connectivity index (χ2v) is 6.04. The van der Waals surface area contributed by atoms with Crippen LogP contribution in [-0.4, -0.2) is 7.11 Å². The van der Waals surface area contributed by atoms with Gasteiger partial charge < -0.3 is 10.1 Å². The van der Waals surface area contributed by atoms with Crippen LogP contribution in [0.5, 0.6) is 5.75 Å². The molecule has 3 aromatic rings. The number of hydrogen-bond donors (Lipinski definition) is 1. The third-order valence-corrected chi connectivity index (χ3v) is 4.12. The van der Waals surface area contributed by atoms with Gasteiger partial charge in [-0.15, -0.1) is 0 Å². The quantitative estimate of drug-likeness (QED) is 0.726. The first-order valence-electron chi connectivity index (χ1n) is 7.86. The van der Waals surface area contributed by atoms with Crippen molar-refractivity contribution in [2.75, 3.05) is 12.4 Å². The van der Waals surface area contributed by atoms with E-state index in [0.717, 1.165) is 5.56 Å². The molecule has 0 aliphatic heterocycles. The Morgan fingerprint density at radius 3 is 2.29 bits per heavy atom. The van der Waals surface area contributed by atoms with Crippen LogP contribution in [0.3, 0.4) is 0 Å². The first-order valence-corrected chi connectivity index (χ1v) is 7.86. The maximum absolute atomic E-state index is 12.0. The van der Waals surface area contributed by atoms with Crippen LogP contribution in [-0.2, 0) is 0 Å². The number of nitrogens with one attached hydrogen (secondary N) is 1. The van der Waals surface area contributed by atoms with Gasteiger partial charge in [-0.2, -0.15) is 0 Å². The van der Waals surface area contributed by atoms with Gasteiger partial charge in [0.15, 0.2) is 0 Å². The molecule has 0 aliphatic carbocycles. The van der Waals surface area contributed by atoms with Gasteiger partial charge in [0.05, 0.1) is 12.7 Å². The molecule has 0 spiro atoms. The molecule has 3 aromatic carbocycles. The number of benzene rings is 2. The van der Waals surface area contributed by atoms with Gasteiger partial charge in [0.2, 0.25) is 5.43 Å². The molecule has 0 fully saturated rings. The molecule has 0 unspecified atom stereocenters. The summed E-state index contributed by atoms with van der Waals surface area (Å²) < 4.78 is 5.18. The highest BCUT2D eigenvalue weighted by atomic mass is 16.5. The molecular formula is C20H19NO3. The van der Waals surface area contributed by atoms with Crippen molar-refractivity contribution in [1.82, 2.24) is 0 Å². The number of ether oxygens (including phenoxy) is 1. The van der Waals surface area contributed by atoms with E-state index in [9.17, 15) is 9.59 Å². The normalized spacial score (nSPS) is 11.0. The second-order valence-electron chi connectivity index (χ2n) is 6.04. The second kappa shape index (κ2) is 6.32. The Morgan fingerprint density at radius 2 is 1.67 bits per heavy atom. The molecule has 0 saturated heterocycles. The average molecular weight is 321 g/mol. The Hall–Kier alpha value is -2.88. The van der Waals surface area contributed by atoms with Gasteiger partial charge in [0.25, 0.3) is 5.43 Å². The first kappa shape index (κ1) is 16.0. The van der Waals surface area contributed by atoms with E-state index in [2.05, 4.69) is 19.2 Å². The highest BCUT2D eigenvalue weighted by Crippen LogP contribution is 2.28. The predicted molar refractivity (Wildman–Crippen MR) is 97.2 cm³/mol. The molecule has 122 valence electrons. The zero-order chi connectivity index (χ0) is 17.3. The van der Waals surface area contributed by atoms with Crippen LogP contribution >= 0.6 is 0 Å². The van der Waals surface area contributed by atoms with Gasteiger partial charge in [-0.25, -0.2) is 0 Å². The molecular weight excluding hydrogens is 302 g/mol. The molecule has 3 rings (SSSR count). The van der Waals surface area contributed by atoms with Crippen molar-refractivity contribution in [2.24, 2.45) is 0 Å². The largest absolute Gasteiger partial charge is 0.497 e. The van der Waals surface area contributed by atoms with Gasteiger partial charge in [0.1, 0.15) is 11.4 Å². The van der Waals surface area contributed by atoms with Crippen molar-refractivity contribution in [2.45, 2.75) is 19.8 Å². The summed E-state index contributed by atoms with van der Waals surface area (Å²) in [5, 5.41) is 3.05. The van der Waals surface area contributed by atoms with E-state index in [-0.39, 0.29) is 0 Å². The van der Waals surface area contributed by atoms with Gasteiger partial charge in [-0.3, -0.25) is 9.59 Å². The first-order chi connectivity index (χ1) is 11.5. The molecule has 0 aromatic heterocycles. The molecule has 4 nitrogen and oxygen atoms in total. The summed E-state index contributed by atoms with van der Waals surface area (Å²) in [7, 11) is 1.58. The van der Waals surface area contributed by atoms with Gasteiger partial charge in [0, 0.05) is 11.8 Å². The minimum absolute atomic E-state index is 0.338. The van der Waals surface area contributed by atoms with Crippen molar-refractivity contribution >= 4 is 11.4 Å². The fraction of sp³-hybridized carbons (Fsp3) is 0.200. The Labute approximate surface area is 140 Å². The number of hydrogen-bond acceptors (Lipinski definition) is 4. The smallest absolute Gasteiger partial charge is 0.250 e. The van der Waals surface area contributed by atoms with E-state index in [1.807, 2.05) is 42.5 Å². The SMILES string of the molecule is COc1cccc(Nc2c(-c3ccc(C(C)C)cc3)c(=O)c2=O)c1. The lowest BCUT2D eigenvalue weighted by Crippen LogP contribution is -2.35. The molecule has 4 heteroatoms. The van der Waals surface area contributed by atoms with Gasteiger partial charge >= 0.3 is 0 Å². The van der Waals surface area contributed by atoms with Crippen LogP contribution < -0.4 is 20.9 Å². The molecule has 0 radical (unpaired) electrons. The van der Waals surface area contributed by atoms with Crippen LogP contribution in [0.2, 0.25) is 0 Å². The molecule has 1 N–H and O–H groups in total. The minimum Gasteiger partial charge on any atom is -0.497 e.